The number of aromatic nitrogens is 3. The minimum atomic E-state index is -0.573. The van der Waals surface area contributed by atoms with Gasteiger partial charge in [-0.2, -0.15) is 0 Å². The van der Waals surface area contributed by atoms with Crippen LogP contribution in [-0.2, 0) is 6.42 Å². The highest BCUT2D eigenvalue weighted by atomic mass is 19.1. The first-order valence-electron chi connectivity index (χ1n) is 7.40. The summed E-state index contributed by atoms with van der Waals surface area (Å²) in [6.45, 7) is 0. The molecule has 0 fully saturated rings. The number of ether oxygens (including phenoxy) is 2. The number of carbonyl (C=O) groups excluding carboxylic acids is 1. The van der Waals surface area contributed by atoms with Gasteiger partial charge in [-0.1, -0.05) is 6.07 Å². The number of halogens is 1. The first-order valence-corrected chi connectivity index (χ1v) is 7.40. The summed E-state index contributed by atoms with van der Waals surface area (Å²) >= 11 is 0. The zero-order valence-corrected chi connectivity index (χ0v) is 13.3. The third-order valence-electron chi connectivity index (χ3n) is 3.30. The maximum Gasteiger partial charge on any atom is 0.213 e. The van der Waals surface area contributed by atoms with Crippen molar-refractivity contribution < 1.29 is 18.7 Å². The molecule has 0 aliphatic carbocycles. The van der Waals surface area contributed by atoms with Gasteiger partial charge in [0.2, 0.25) is 5.88 Å². The molecule has 25 heavy (non-hydrogen) atoms. The molecule has 0 aliphatic heterocycles. The van der Waals surface area contributed by atoms with Gasteiger partial charge in [-0.25, -0.2) is 19.3 Å². The van der Waals surface area contributed by atoms with E-state index in [9.17, 15) is 9.18 Å². The molecule has 2 heterocycles. The van der Waals surface area contributed by atoms with Gasteiger partial charge in [0.15, 0.2) is 11.5 Å². The number of benzene rings is 1. The van der Waals surface area contributed by atoms with E-state index in [-0.39, 0.29) is 23.5 Å². The monoisotopic (exact) mass is 339 g/mol. The minimum absolute atomic E-state index is 0.0224. The fourth-order valence-electron chi connectivity index (χ4n) is 2.19. The number of hydrogen-bond acceptors (Lipinski definition) is 6. The minimum Gasteiger partial charge on any atom is -0.481 e. The molecule has 0 atom stereocenters. The molecule has 0 spiro atoms. The molecule has 0 bridgehead atoms. The van der Waals surface area contributed by atoms with Gasteiger partial charge >= 0.3 is 0 Å². The average molecular weight is 339 g/mol. The smallest absolute Gasteiger partial charge is 0.213 e. The van der Waals surface area contributed by atoms with E-state index in [1.165, 1.54) is 38.0 Å². The molecule has 3 aromatic rings. The van der Waals surface area contributed by atoms with Crippen molar-refractivity contribution in [2.45, 2.75) is 6.42 Å². The van der Waals surface area contributed by atoms with Gasteiger partial charge in [-0.15, -0.1) is 0 Å². The number of methoxy groups -OCH3 is 1. The van der Waals surface area contributed by atoms with Crippen LogP contribution in [0.5, 0.6) is 17.4 Å². The number of rotatable bonds is 6. The lowest BCUT2D eigenvalue weighted by molar-refractivity contribution is 0.0991. The summed E-state index contributed by atoms with van der Waals surface area (Å²) in [6.07, 6.45) is 4.27. The molecule has 3 rings (SSSR count). The predicted molar refractivity (Wildman–Crippen MR) is 87.3 cm³/mol. The van der Waals surface area contributed by atoms with Crippen molar-refractivity contribution in [2.24, 2.45) is 0 Å². The van der Waals surface area contributed by atoms with Crippen molar-refractivity contribution in [1.82, 2.24) is 15.0 Å². The maximum absolute atomic E-state index is 13.8. The molecule has 1 aromatic carbocycles. The second-order valence-corrected chi connectivity index (χ2v) is 5.12. The number of Topliss-reactive ketones (excluding diaryl/α,β-unsaturated/α-hetero) is 1. The summed E-state index contributed by atoms with van der Waals surface area (Å²) in [4.78, 5) is 24.3. The summed E-state index contributed by atoms with van der Waals surface area (Å²) in [5.41, 5.74) is 0.726. The number of pyridine rings is 1. The Morgan fingerprint density at radius 3 is 2.68 bits per heavy atom. The Morgan fingerprint density at radius 1 is 1.12 bits per heavy atom. The van der Waals surface area contributed by atoms with Crippen LogP contribution >= 0.6 is 0 Å². The summed E-state index contributed by atoms with van der Waals surface area (Å²) in [7, 11) is 1.50. The SMILES string of the molecule is COc1cccc(CC(=O)c2cc(F)cc(Oc3cncnc3)c2)n1. The zero-order valence-electron chi connectivity index (χ0n) is 13.3. The lowest BCUT2D eigenvalue weighted by Gasteiger charge is -2.08. The van der Waals surface area contributed by atoms with E-state index < -0.39 is 5.82 Å². The van der Waals surface area contributed by atoms with Crippen LogP contribution in [0.1, 0.15) is 16.1 Å². The van der Waals surface area contributed by atoms with Crippen molar-refractivity contribution in [3.63, 3.8) is 0 Å². The molecule has 0 N–H and O–H groups in total. The van der Waals surface area contributed by atoms with Crippen LogP contribution in [0.2, 0.25) is 0 Å². The first kappa shape index (κ1) is 16.5. The third kappa shape index (κ3) is 4.35. The van der Waals surface area contributed by atoms with Crippen molar-refractivity contribution >= 4 is 5.78 Å². The van der Waals surface area contributed by atoms with E-state index in [2.05, 4.69) is 15.0 Å². The lowest BCUT2D eigenvalue weighted by atomic mass is 10.1. The normalized spacial score (nSPS) is 10.3. The standard InChI is InChI=1S/C18H14FN3O3/c1-24-18-4-2-3-14(22-18)8-17(23)12-5-13(19)7-15(6-12)25-16-9-20-11-21-10-16/h2-7,9-11H,8H2,1H3. The topological polar surface area (TPSA) is 74.2 Å². The van der Waals surface area contributed by atoms with Crippen LogP contribution in [-0.4, -0.2) is 27.8 Å². The van der Waals surface area contributed by atoms with E-state index in [4.69, 9.17) is 9.47 Å². The maximum atomic E-state index is 13.8. The molecule has 0 aliphatic rings. The average Bonchev–Trinajstić information content (AvgIpc) is 2.62. The number of carbonyl (C=O) groups is 1. The van der Waals surface area contributed by atoms with Crippen LogP contribution in [0.25, 0.3) is 0 Å². The predicted octanol–water partition coefficient (Wildman–Crippen LogP) is 3.24. The Kier molecular flexibility index (Phi) is 4.94. The van der Waals surface area contributed by atoms with Crippen molar-refractivity contribution in [1.29, 1.82) is 0 Å². The lowest BCUT2D eigenvalue weighted by Crippen LogP contribution is -2.06. The Morgan fingerprint density at radius 2 is 1.92 bits per heavy atom. The Balaban J connectivity index is 1.80. The van der Waals surface area contributed by atoms with Crippen molar-refractivity contribution in [3.8, 4) is 17.4 Å². The van der Waals surface area contributed by atoms with E-state index >= 15 is 0 Å². The van der Waals surface area contributed by atoms with Gasteiger partial charge in [0.1, 0.15) is 17.9 Å². The Hall–Kier alpha value is -3.35. The molecule has 6 nitrogen and oxygen atoms in total. The molecule has 0 radical (unpaired) electrons. The van der Waals surface area contributed by atoms with Gasteiger partial charge in [0.05, 0.1) is 31.6 Å². The highest BCUT2D eigenvalue weighted by Crippen LogP contribution is 2.23. The number of ketones is 1. The van der Waals surface area contributed by atoms with E-state index in [0.29, 0.717) is 17.3 Å². The molecular formula is C18H14FN3O3. The van der Waals surface area contributed by atoms with Crippen molar-refractivity contribution in [3.05, 3.63) is 72.2 Å². The molecular weight excluding hydrogens is 325 g/mol. The van der Waals surface area contributed by atoms with Gasteiger partial charge in [0, 0.05) is 17.7 Å². The fourth-order valence-corrected chi connectivity index (χ4v) is 2.19. The summed E-state index contributed by atoms with van der Waals surface area (Å²) in [5, 5.41) is 0. The van der Waals surface area contributed by atoms with Gasteiger partial charge in [-0.3, -0.25) is 4.79 Å². The largest absolute Gasteiger partial charge is 0.481 e. The number of nitrogens with zero attached hydrogens (tertiary/aromatic N) is 3. The second kappa shape index (κ2) is 7.48. The van der Waals surface area contributed by atoms with Gasteiger partial charge in [0.25, 0.3) is 0 Å². The quantitative estimate of drug-likeness (QED) is 0.642. The zero-order chi connectivity index (χ0) is 17.6. The number of hydrogen-bond donors (Lipinski definition) is 0. The van der Waals surface area contributed by atoms with E-state index in [1.54, 1.807) is 18.2 Å². The van der Waals surface area contributed by atoms with Gasteiger partial charge < -0.3 is 9.47 Å². The molecule has 2 aromatic heterocycles. The molecule has 7 heteroatoms. The second-order valence-electron chi connectivity index (χ2n) is 5.12. The molecule has 0 unspecified atom stereocenters. The summed E-state index contributed by atoms with van der Waals surface area (Å²) < 4.78 is 24.4. The summed E-state index contributed by atoms with van der Waals surface area (Å²) in [5.74, 6) is 0.0982. The molecule has 0 saturated carbocycles. The van der Waals surface area contributed by atoms with Crippen LogP contribution in [0.4, 0.5) is 4.39 Å². The third-order valence-corrected chi connectivity index (χ3v) is 3.30. The van der Waals surface area contributed by atoms with Gasteiger partial charge in [-0.05, 0) is 18.2 Å². The van der Waals surface area contributed by atoms with E-state index in [1.807, 2.05) is 0 Å². The first-order chi connectivity index (χ1) is 12.1. The molecule has 0 amide bonds. The fraction of sp³-hybridized carbons (Fsp3) is 0.111. The van der Waals surface area contributed by atoms with Crippen LogP contribution < -0.4 is 9.47 Å². The van der Waals surface area contributed by atoms with Crippen molar-refractivity contribution in [2.75, 3.05) is 7.11 Å². The van der Waals surface area contributed by atoms with Crippen LogP contribution in [0.3, 0.4) is 0 Å². The van der Waals surface area contributed by atoms with Crippen LogP contribution in [0, 0.1) is 5.82 Å². The highest BCUT2D eigenvalue weighted by Gasteiger charge is 2.12. The summed E-state index contributed by atoms with van der Waals surface area (Å²) in [6, 6.07) is 8.95. The molecule has 0 saturated heterocycles. The van der Waals surface area contributed by atoms with E-state index in [0.717, 1.165) is 6.07 Å². The molecule has 126 valence electrons. The Bertz CT molecular complexity index is 888. The highest BCUT2D eigenvalue weighted by molar-refractivity contribution is 5.97. The van der Waals surface area contributed by atoms with Crippen LogP contribution in [0.15, 0.2) is 55.1 Å². The Labute approximate surface area is 143 Å².